The van der Waals surface area contributed by atoms with E-state index in [2.05, 4.69) is 19.9 Å². The number of piperazine rings is 1. The van der Waals surface area contributed by atoms with Crippen LogP contribution in [0.5, 0.6) is 0 Å². The van der Waals surface area contributed by atoms with Crippen LogP contribution in [0.4, 0.5) is 5.69 Å². The van der Waals surface area contributed by atoms with Gasteiger partial charge < -0.3 is 9.42 Å². The Morgan fingerprint density at radius 1 is 1.23 bits per heavy atom. The van der Waals surface area contributed by atoms with Gasteiger partial charge in [-0.2, -0.15) is 5.26 Å². The van der Waals surface area contributed by atoms with Crippen molar-refractivity contribution in [2.75, 3.05) is 31.1 Å². The standard InChI is InChI=1S/C16H19N5O/c1-12-16(13(2)22-19-12)11-20-5-7-21(8-6-20)15-4-3-14(9-17)18-10-15/h3-4,10H,5-8,11H2,1-2H3. The van der Waals surface area contributed by atoms with Gasteiger partial charge in [-0.3, -0.25) is 4.90 Å². The van der Waals surface area contributed by atoms with Gasteiger partial charge in [0.05, 0.1) is 17.6 Å². The maximum Gasteiger partial charge on any atom is 0.140 e. The average Bonchev–Trinajstić information content (AvgIpc) is 2.88. The van der Waals surface area contributed by atoms with E-state index >= 15 is 0 Å². The van der Waals surface area contributed by atoms with Crippen LogP contribution < -0.4 is 4.90 Å². The number of nitrogens with zero attached hydrogens (tertiary/aromatic N) is 5. The van der Waals surface area contributed by atoms with Gasteiger partial charge in [0.1, 0.15) is 17.5 Å². The van der Waals surface area contributed by atoms with Crippen LogP contribution >= 0.6 is 0 Å². The Balaban J connectivity index is 1.59. The van der Waals surface area contributed by atoms with Gasteiger partial charge in [0.15, 0.2) is 0 Å². The summed E-state index contributed by atoms with van der Waals surface area (Å²) in [6, 6.07) is 5.78. The molecule has 3 rings (SSSR count). The minimum Gasteiger partial charge on any atom is -0.368 e. The predicted molar refractivity (Wildman–Crippen MR) is 82.4 cm³/mol. The first-order valence-electron chi connectivity index (χ1n) is 7.42. The molecular weight excluding hydrogens is 278 g/mol. The third-order valence-electron chi connectivity index (χ3n) is 4.16. The van der Waals surface area contributed by atoms with Gasteiger partial charge in [0.2, 0.25) is 0 Å². The number of pyridine rings is 1. The fourth-order valence-corrected chi connectivity index (χ4v) is 2.75. The maximum atomic E-state index is 8.80. The molecule has 0 radical (unpaired) electrons. The molecule has 0 unspecified atom stereocenters. The first kappa shape index (κ1) is 14.5. The summed E-state index contributed by atoms with van der Waals surface area (Å²) in [6.07, 6.45) is 1.78. The molecule has 1 saturated heterocycles. The minimum atomic E-state index is 0.459. The highest BCUT2D eigenvalue weighted by molar-refractivity contribution is 5.46. The van der Waals surface area contributed by atoms with E-state index in [1.54, 1.807) is 12.3 Å². The smallest absolute Gasteiger partial charge is 0.140 e. The summed E-state index contributed by atoms with van der Waals surface area (Å²) < 4.78 is 5.23. The third-order valence-corrected chi connectivity index (χ3v) is 4.16. The van der Waals surface area contributed by atoms with Gasteiger partial charge in [0.25, 0.3) is 0 Å². The zero-order valence-corrected chi connectivity index (χ0v) is 12.9. The SMILES string of the molecule is Cc1noc(C)c1CN1CCN(c2ccc(C#N)nc2)CC1. The third kappa shape index (κ3) is 2.95. The first-order chi connectivity index (χ1) is 10.7. The average molecular weight is 297 g/mol. The van der Waals surface area contributed by atoms with Crippen molar-refractivity contribution < 1.29 is 4.52 Å². The summed E-state index contributed by atoms with van der Waals surface area (Å²) in [4.78, 5) is 8.86. The quantitative estimate of drug-likeness (QED) is 0.861. The van der Waals surface area contributed by atoms with Gasteiger partial charge in [0, 0.05) is 38.3 Å². The number of nitriles is 1. The van der Waals surface area contributed by atoms with Crippen LogP contribution in [0.15, 0.2) is 22.9 Å². The summed E-state index contributed by atoms with van der Waals surface area (Å²) in [6.45, 7) is 8.74. The highest BCUT2D eigenvalue weighted by atomic mass is 16.5. The molecule has 0 saturated carbocycles. The number of anilines is 1. The van der Waals surface area contributed by atoms with Crippen molar-refractivity contribution in [1.82, 2.24) is 15.0 Å². The number of aryl methyl sites for hydroxylation is 2. The van der Waals surface area contributed by atoms with Crippen molar-refractivity contribution in [1.29, 1.82) is 5.26 Å². The van der Waals surface area contributed by atoms with E-state index in [-0.39, 0.29) is 0 Å². The molecule has 1 fully saturated rings. The van der Waals surface area contributed by atoms with E-state index in [4.69, 9.17) is 9.78 Å². The molecule has 0 aliphatic carbocycles. The maximum absolute atomic E-state index is 8.80. The lowest BCUT2D eigenvalue weighted by Crippen LogP contribution is -2.46. The van der Waals surface area contributed by atoms with Crippen LogP contribution in [-0.4, -0.2) is 41.2 Å². The lowest BCUT2D eigenvalue weighted by atomic mass is 10.1. The van der Waals surface area contributed by atoms with E-state index in [0.717, 1.165) is 49.9 Å². The second-order valence-corrected chi connectivity index (χ2v) is 5.58. The van der Waals surface area contributed by atoms with Crippen LogP contribution in [0.1, 0.15) is 22.7 Å². The van der Waals surface area contributed by atoms with Crippen molar-refractivity contribution in [3.8, 4) is 6.07 Å². The lowest BCUT2D eigenvalue weighted by molar-refractivity contribution is 0.248. The van der Waals surface area contributed by atoms with E-state index in [1.165, 1.54) is 5.56 Å². The Morgan fingerprint density at radius 2 is 2.00 bits per heavy atom. The van der Waals surface area contributed by atoms with Crippen molar-refractivity contribution in [2.45, 2.75) is 20.4 Å². The van der Waals surface area contributed by atoms with E-state index < -0.39 is 0 Å². The molecule has 3 heterocycles. The number of aromatic nitrogens is 2. The molecule has 0 amide bonds. The Morgan fingerprint density at radius 3 is 2.55 bits per heavy atom. The molecule has 1 aliphatic rings. The van der Waals surface area contributed by atoms with Crippen LogP contribution in [-0.2, 0) is 6.54 Å². The molecule has 0 spiro atoms. The van der Waals surface area contributed by atoms with Gasteiger partial charge in [-0.05, 0) is 26.0 Å². The van der Waals surface area contributed by atoms with Crippen LogP contribution in [0.3, 0.4) is 0 Å². The highest BCUT2D eigenvalue weighted by Crippen LogP contribution is 2.19. The van der Waals surface area contributed by atoms with Gasteiger partial charge in [-0.15, -0.1) is 0 Å². The Hall–Kier alpha value is -2.39. The van der Waals surface area contributed by atoms with E-state index in [9.17, 15) is 0 Å². The molecule has 1 aliphatic heterocycles. The van der Waals surface area contributed by atoms with E-state index in [1.807, 2.05) is 26.0 Å². The zero-order valence-electron chi connectivity index (χ0n) is 12.9. The summed E-state index contributed by atoms with van der Waals surface area (Å²) in [5, 5.41) is 12.8. The van der Waals surface area contributed by atoms with Crippen LogP contribution in [0.25, 0.3) is 0 Å². The number of hydrogen-bond donors (Lipinski definition) is 0. The van der Waals surface area contributed by atoms with Gasteiger partial charge >= 0.3 is 0 Å². The fourth-order valence-electron chi connectivity index (χ4n) is 2.75. The van der Waals surface area contributed by atoms with Crippen molar-refractivity contribution in [2.24, 2.45) is 0 Å². The van der Waals surface area contributed by atoms with Gasteiger partial charge in [-0.1, -0.05) is 5.16 Å². The van der Waals surface area contributed by atoms with E-state index in [0.29, 0.717) is 5.69 Å². The summed E-state index contributed by atoms with van der Waals surface area (Å²) >= 11 is 0. The van der Waals surface area contributed by atoms with Crippen molar-refractivity contribution in [3.63, 3.8) is 0 Å². The molecule has 6 heteroatoms. The van der Waals surface area contributed by atoms with Crippen LogP contribution in [0, 0.1) is 25.2 Å². The van der Waals surface area contributed by atoms with Crippen molar-refractivity contribution >= 4 is 5.69 Å². The molecular formula is C16H19N5O. The second-order valence-electron chi connectivity index (χ2n) is 5.58. The molecule has 0 N–H and O–H groups in total. The number of hydrogen-bond acceptors (Lipinski definition) is 6. The predicted octanol–water partition coefficient (Wildman–Crippen LogP) is 1.88. The summed E-state index contributed by atoms with van der Waals surface area (Å²) in [5.41, 5.74) is 3.72. The zero-order chi connectivity index (χ0) is 15.5. The topological polar surface area (TPSA) is 69.2 Å². The Bertz CT molecular complexity index is 658. The fraction of sp³-hybridized carbons (Fsp3) is 0.438. The monoisotopic (exact) mass is 297 g/mol. The molecule has 0 aromatic carbocycles. The number of rotatable bonds is 3. The second kappa shape index (κ2) is 6.16. The normalized spacial score (nSPS) is 15.8. The summed E-state index contributed by atoms with van der Waals surface area (Å²) in [5.74, 6) is 0.913. The highest BCUT2D eigenvalue weighted by Gasteiger charge is 2.20. The van der Waals surface area contributed by atoms with Crippen LogP contribution in [0.2, 0.25) is 0 Å². The molecule has 0 atom stereocenters. The van der Waals surface area contributed by atoms with Gasteiger partial charge in [-0.25, -0.2) is 4.98 Å². The summed E-state index contributed by atoms with van der Waals surface area (Å²) in [7, 11) is 0. The molecule has 22 heavy (non-hydrogen) atoms. The molecule has 6 nitrogen and oxygen atoms in total. The molecule has 2 aromatic rings. The minimum absolute atomic E-state index is 0.459. The molecule has 2 aromatic heterocycles. The Labute approximate surface area is 129 Å². The lowest BCUT2D eigenvalue weighted by Gasteiger charge is -2.35. The molecule has 114 valence electrons. The Kier molecular flexibility index (Phi) is 4.07. The molecule has 0 bridgehead atoms. The first-order valence-corrected chi connectivity index (χ1v) is 7.42. The van der Waals surface area contributed by atoms with Crippen molar-refractivity contribution in [3.05, 3.63) is 41.0 Å². The largest absolute Gasteiger partial charge is 0.368 e.